The number of carbonyl (C=O) groups is 2. The van der Waals surface area contributed by atoms with Crippen molar-refractivity contribution in [1.82, 2.24) is 10.2 Å². The number of ether oxygens (including phenoxy) is 3. The maximum absolute atomic E-state index is 12.8. The van der Waals surface area contributed by atoms with Crippen molar-refractivity contribution in [3.63, 3.8) is 0 Å². The molecule has 0 saturated carbocycles. The normalized spacial score (nSPS) is 19.5. The van der Waals surface area contributed by atoms with Crippen LogP contribution in [0.2, 0.25) is 0 Å². The lowest BCUT2D eigenvalue weighted by molar-refractivity contribution is -0.155. The van der Waals surface area contributed by atoms with Crippen LogP contribution in [0.15, 0.2) is 29.8 Å². The summed E-state index contributed by atoms with van der Waals surface area (Å²) in [6, 6.07) is 4.79. The van der Waals surface area contributed by atoms with Gasteiger partial charge in [0.15, 0.2) is 0 Å². The van der Waals surface area contributed by atoms with Crippen LogP contribution in [0.25, 0.3) is 0 Å². The molecule has 3 rings (SSSR count). The van der Waals surface area contributed by atoms with Gasteiger partial charge < -0.3 is 24.4 Å². The molecule has 1 aliphatic carbocycles. The van der Waals surface area contributed by atoms with Gasteiger partial charge in [-0.2, -0.15) is 0 Å². The van der Waals surface area contributed by atoms with Crippen molar-refractivity contribution in [2.24, 2.45) is 0 Å². The Morgan fingerprint density at radius 2 is 2.14 bits per heavy atom. The van der Waals surface area contributed by atoms with Gasteiger partial charge in [-0.3, -0.25) is 9.59 Å². The van der Waals surface area contributed by atoms with Crippen LogP contribution in [0.4, 0.5) is 0 Å². The van der Waals surface area contributed by atoms with Gasteiger partial charge in [0, 0.05) is 18.2 Å². The van der Waals surface area contributed by atoms with Crippen molar-refractivity contribution in [3.05, 3.63) is 35.4 Å². The van der Waals surface area contributed by atoms with Crippen LogP contribution >= 0.6 is 0 Å². The smallest absolute Gasteiger partial charge is 0.249 e. The zero-order valence-corrected chi connectivity index (χ0v) is 17.2. The standard InChI is InChI=1S/C22H30N2O5/c1-27-18-9-8-17(20(12-18)28-2)13-24-19(14-29-15-21(24)25)22(26)23-11-10-16-6-4-3-5-7-16/h6,8-9,12,19H,3-5,7,10-11,13-15H2,1-2H3,(H,23,26). The van der Waals surface area contributed by atoms with Crippen LogP contribution in [0.3, 0.4) is 0 Å². The highest BCUT2D eigenvalue weighted by Gasteiger charge is 2.34. The second-order valence-corrected chi connectivity index (χ2v) is 7.38. The molecule has 2 aliphatic rings. The van der Waals surface area contributed by atoms with Gasteiger partial charge in [-0.1, -0.05) is 11.6 Å². The molecule has 1 fully saturated rings. The van der Waals surface area contributed by atoms with Crippen molar-refractivity contribution in [1.29, 1.82) is 0 Å². The summed E-state index contributed by atoms with van der Waals surface area (Å²) in [6.45, 7) is 1.03. The molecular weight excluding hydrogens is 372 g/mol. The highest BCUT2D eigenvalue weighted by molar-refractivity contribution is 5.89. The molecule has 0 bridgehead atoms. The Morgan fingerprint density at radius 1 is 1.28 bits per heavy atom. The number of morpholine rings is 1. The quantitative estimate of drug-likeness (QED) is 0.676. The summed E-state index contributed by atoms with van der Waals surface area (Å²) < 4.78 is 16.0. The minimum Gasteiger partial charge on any atom is -0.497 e. The minimum absolute atomic E-state index is 0.0187. The van der Waals surface area contributed by atoms with Crippen LogP contribution in [-0.4, -0.2) is 56.7 Å². The van der Waals surface area contributed by atoms with Crippen LogP contribution in [-0.2, 0) is 20.9 Å². The lowest BCUT2D eigenvalue weighted by Crippen LogP contribution is -2.56. The Labute approximate surface area is 172 Å². The number of hydrogen-bond donors (Lipinski definition) is 1. The minimum atomic E-state index is -0.650. The van der Waals surface area contributed by atoms with Gasteiger partial charge in [0.25, 0.3) is 0 Å². The molecule has 1 aromatic rings. The molecule has 1 N–H and O–H groups in total. The van der Waals surface area contributed by atoms with Crippen LogP contribution in [0.1, 0.15) is 37.7 Å². The van der Waals surface area contributed by atoms with Gasteiger partial charge in [-0.25, -0.2) is 0 Å². The van der Waals surface area contributed by atoms with Crippen LogP contribution in [0, 0.1) is 0 Å². The number of amides is 2. The Morgan fingerprint density at radius 3 is 2.86 bits per heavy atom. The largest absolute Gasteiger partial charge is 0.497 e. The molecule has 1 aromatic carbocycles. The number of nitrogens with zero attached hydrogens (tertiary/aromatic N) is 1. The van der Waals surface area contributed by atoms with E-state index < -0.39 is 6.04 Å². The van der Waals surface area contributed by atoms with E-state index >= 15 is 0 Å². The lowest BCUT2D eigenvalue weighted by atomic mass is 9.97. The van der Waals surface area contributed by atoms with Crippen LogP contribution < -0.4 is 14.8 Å². The third-order valence-electron chi connectivity index (χ3n) is 5.47. The Kier molecular flexibility index (Phi) is 7.52. The summed E-state index contributed by atoms with van der Waals surface area (Å²) in [5.41, 5.74) is 2.22. The predicted molar refractivity (Wildman–Crippen MR) is 109 cm³/mol. The molecular formula is C22H30N2O5. The predicted octanol–water partition coefficient (Wildman–Crippen LogP) is 2.44. The topological polar surface area (TPSA) is 77.1 Å². The summed E-state index contributed by atoms with van der Waals surface area (Å²) in [4.78, 5) is 26.9. The van der Waals surface area contributed by atoms with Crippen molar-refractivity contribution >= 4 is 11.8 Å². The van der Waals surface area contributed by atoms with E-state index in [9.17, 15) is 9.59 Å². The van der Waals surface area contributed by atoms with Crippen molar-refractivity contribution in [2.45, 2.75) is 44.7 Å². The molecule has 158 valence electrons. The Balaban J connectivity index is 1.64. The maximum Gasteiger partial charge on any atom is 0.249 e. The SMILES string of the molecule is COc1ccc(CN2C(=O)COCC2C(=O)NCCC2=CCCCC2)c(OC)c1. The van der Waals surface area contributed by atoms with Gasteiger partial charge in [0.1, 0.15) is 24.1 Å². The van der Waals surface area contributed by atoms with Crippen molar-refractivity contribution in [3.8, 4) is 11.5 Å². The summed E-state index contributed by atoms with van der Waals surface area (Å²) in [7, 11) is 3.16. The highest BCUT2D eigenvalue weighted by atomic mass is 16.5. The van der Waals surface area contributed by atoms with Gasteiger partial charge in [0.05, 0.1) is 27.4 Å². The summed E-state index contributed by atoms with van der Waals surface area (Å²) >= 11 is 0. The molecule has 1 atom stereocenters. The van der Waals surface area contributed by atoms with E-state index in [1.54, 1.807) is 25.2 Å². The molecule has 0 aromatic heterocycles. The summed E-state index contributed by atoms with van der Waals surface area (Å²) in [5, 5.41) is 2.98. The zero-order valence-electron chi connectivity index (χ0n) is 17.2. The number of benzene rings is 1. The molecule has 1 heterocycles. The van der Waals surface area contributed by atoms with Crippen molar-refractivity contribution in [2.75, 3.05) is 34.0 Å². The Hall–Kier alpha value is -2.54. The lowest BCUT2D eigenvalue weighted by Gasteiger charge is -2.34. The first kappa shape index (κ1) is 21.2. The highest BCUT2D eigenvalue weighted by Crippen LogP contribution is 2.27. The zero-order chi connectivity index (χ0) is 20.6. The molecule has 29 heavy (non-hydrogen) atoms. The number of carbonyl (C=O) groups excluding carboxylic acids is 2. The molecule has 7 nitrogen and oxygen atoms in total. The van der Waals surface area contributed by atoms with Crippen molar-refractivity contribution < 1.29 is 23.8 Å². The first-order valence-electron chi connectivity index (χ1n) is 10.2. The van der Waals surface area contributed by atoms with E-state index in [4.69, 9.17) is 14.2 Å². The number of methoxy groups -OCH3 is 2. The van der Waals surface area contributed by atoms with E-state index in [1.807, 2.05) is 12.1 Å². The number of nitrogens with one attached hydrogen (secondary N) is 1. The van der Waals surface area contributed by atoms with Gasteiger partial charge in [0.2, 0.25) is 11.8 Å². The molecule has 1 aliphatic heterocycles. The fraction of sp³-hybridized carbons (Fsp3) is 0.545. The first-order chi connectivity index (χ1) is 14.1. The van der Waals surface area contributed by atoms with Gasteiger partial charge >= 0.3 is 0 Å². The van der Waals surface area contributed by atoms with Crippen LogP contribution in [0.5, 0.6) is 11.5 Å². The summed E-state index contributed by atoms with van der Waals surface area (Å²) in [5.74, 6) is 0.906. The molecule has 0 spiro atoms. The van der Waals surface area contributed by atoms with Gasteiger partial charge in [-0.15, -0.1) is 0 Å². The maximum atomic E-state index is 12.8. The van der Waals surface area contributed by atoms with Gasteiger partial charge in [-0.05, 0) is 44.2 Å². The second kappa shape index (κ2) is 10.3. The number of rotatable bonds is 8. The molecule has 0 radical (unpaired) electrons. The van der Waals surface area contributed by atoms with E-state index in [0.29, 0.717) is 18.0 Å². The molecule has 1 unspecified atom stereocenters. The monoisotopic (exact) mass is 402 g/mol. The average molecular weight is 402 g/mol. The number of allylic oxidation sites excluding steroid dienone is 1. The molecule has 2 amide bonds. The van der Waals surface area contributed by atoms with E-state index in [1.165, 1.54) is 18.4 Å². The van der Waals surface area contributed by atoms with E-state index in [-0.39, 0.29) is 31.6 Å². The fourth-order valence-corrected chi connectivity index (χ4v) is 3.78. The third-order valence-corrected chi connectivity index (χ3v) is 5.47. The number of hydrogen-bond acceptors (Lipinski definition) is 5. The fourth-order valence-electron chi connectivity index (χ4n) is 3.78. The molecule has 7 heteroatoms. The summed E-state index contributed by atoms with van der Waals surface area (Å²) in [6.07, 6.45) is 7.87. The van der Waals surface area contributed by atoms with E-state index in [2.05, 4.69) is 11.4 Å². The molecule has 1 saturated heterocycles. The second-order valence-electron chi connectivity index (χ2n) is 7.38. The average Bonchev–Trinajstić information content (AvgIpc) is 2.76. The van der Waals surface area contributed by atoms with E-state index in [0.717, 1.165) is 24.8 Å². The third kappa shape index (κ3) is 5.50. The Bertz CT molecular complexity index is 762. The first-order valence-corrected chi connectivity index (χ1v) is 10.2.